The molecule has 0 bridgehead atoms. The van der Waals surface area contributed by atoms with E-state index in [4.69, 9.17) is 5.10 Å². The quantitative estimate of drug-likeness (QED) is 0.523. The van der Waals surface area contributed by atoms with Crippen LogP contribution in [0, 0.1) is 5.92 Å². The molecule has 2 heterocycles. The molecule has 3 aromatic rings. The van der Waals surface area contributed by atoms with Gasteiger partial charge in [-0.3, -0.25) is 15.4 Å². The first kappa shape index (κ1) is 19.3. The molecule has 1 aromatic heterocycles. The molecule has 3 unspecified atom stereocenters. The Balaban J connectivity index is 1.43. The molecular weight excluding hydrogens is 392 g/mol. The van der Waals surface area contributed by atoms with Crippen LogP contribution in [0.5, 0.6) is 0 Å². The minimum Gasteiger partial charge on any atom is -0.322 e. The molecule has 1 saturated carbocycles. The van der Waals surface area contributed by atoms with E-state index >= 15 is 0 Å². The van der Waals surface area contributed by atoms with Crippen LogP contribution in [0.1, 0.15) is 25.6 Å². The van der Waals surface area contributed by atoms with E-state index in [1.54, 1.807) is 4.68 Å². The van der Waals surface area contributed by atoms with Crippen molar-refractivity contribution in [1.82, 2.24) is 20.4 Å². The zero-order valence-electron chi connectivity index (χ0n) is 16.9. The van der Waals surface area contributed by atoms with Crippen molar-refractivity contribution in [2.75, 3.05) is 10.6 Å². The van der Waals surface area contributed by atoms with Crippen molar-refractivity contribution in [2.24, 2.45) is 5.92 Å². The largest absolute Gasteiger partial charge is 0.324 e. The van der Waals surface area contributed by atoms with Crippen LogP contribution in [0.3, 0.4) is 0 Å². The minimum atomic E-state index is -0.531. The van der Waals surface area contributed by atoms with Crippen molar-refractivity contribution in [3.63, 3.8) is 0 Å². The van der Waals surface area contributed by atoms with Gasteiger partial charge in [-0.25, -0.2) is 9.48 Å². The van der Waals surface area contributed by atoms with Gasteiger partial charge in [0.2, 0.25) is 5.91 Å². The van der Waals surface area contributed by atoms with Crippen LogP contribution in [0.4, 0.5) is 16.3 Å². The maximum Gasteiger partial charge on any atom is 0.324 e. The Bertz CT molecular complexity index is 1080. The standard InChI is InChI=1S/C23H24N6O2/c30-21-17-12-7-13-18(17)25-22(27-21)29-20(14-19(28-29)15-8-3-1-4-9-15)26-23(31)24-16-10-5-2-6-11-16/h1-6,8-11,14,17-18,22,25H,7,12-13H2,(H,27,30)(H2,24,26,31). The summed E-state index contributed by atoms with van der Waals surface area (Å²) in [5, 5.41) is 16.9. The molecule has 31 heavy (non-hydrogen) atoms. The number of para-hydroxylation sites is 1. The number of urea groups is 1. The van der Waals surface area contributed by atoms with Gasteiger partial charge in [0.1, 0.15) is 5.82 Å². The Morgan fingerprint density at radius 1 is 1.00 bits per heavy atom. The van der Waals surface area contributed by atoms with Crippen molar-refractivity contribution >= 4 is 23.4 Å². The Kier molecular flexibility index (Phi) is 5.13. The van der Waals surface area contributed by atoms with Gasteiger partial charge < -0.3 is 10.6 Å². The zero-order chi connectivity index (χ0) is 21.2. The van der Waals surface area contributed by atoms with Crippen molar-refractivity contribution in [3.8, 4) is 11.3 Å². The molecule has 0 radical (unpaired) electrons. The minimum absolute atomic E-state index is 0.00167. The van der Waals surface area contributed by atoms with Gasteiger partial charge in [-0.05, 0) is 25.0 Å². The third-order valence-corrected chi connectivity index (χ3v) is 5.83. The van der Waals surface area contributed by atoms with Crippen LogP contribution in [-0.2, 0) is 4.79 Å². The van der Waals surface area contributed by atoms with Crippen molar-refractivity contribution in [1.29, 1.82) is 0 Å². The highest BCUT2D eigenvalue weighted by molar-refractivity contribution is 5.99. The average molecular weight is 416 g/mol. The zero-order valence-corrected chi connectivity index (χ0v) is 16.9. The molecule has 1 saturated heterocycles. The second-order valence-electron chi connectivity index (χ2n) is 7.89. The van der Waals surface area contributed by atoms with E-state index in [2.05, 4.69) is 21.3 Å². The summed E-state index contributed by atoms with van der Waals surface area (Å²) in [5.74, 6) is 0.516. The predicted octanol–water partition coefficient (Wildman–Crippen LogP) is 3.54. The number of amides is 3. The summed E-state index contributed by atoms with van der Waals surface area (Å²) in [6, 6.07) is 20.5. The highest BCUT2D eigenvalue weighted by atomic mass is 16.2. The number of fused-ring (bicyclic) bond motifs is 1. The van der Waals surface area contributed by atoms with Crippen LogP contribution in [0.15, 0.2) is 66.7 Å². The molecule has 0 spiro atoms. The van der Waals surface area contributed by atoms with Crippen molar-refractivity contribution < 1.29 is 9.59 Å². The van der Waals surface area contributed by atoms with E-state index in [0.29, 0.717) is 17.2 Å². The number of carbonyl (C=O) groups excluding carboxylic acids is 2. The lowest BCUT2D eigenvalue weighted by atomic mass is 10.0. The van der Waals surface area contributed by atoms with Gasteiger partial charge in [0.25, 0.3) is 0 Å². The molecular formula is C23H24N6O2. The van der Waals surface area contributed by atoms with Gasteiger partial charge in [0.15, 0.2) is 6.29 Å². The summed E-state index contributed by atoms with van der Waals surface area (Å²) >= 11 is 0. The SMILES string of the molecule is O=C(Nc1ccccc1)Nc1cc(-c2ccccc2)nn1C1NC(=O)C2CCCC2N1. The molecule has 3 amide bonds. The second kappa shape index (κ2) is 8.23. The summed E-state index contributed by atoms with van der Waals surface area (Å²) in [6.45, 7) is 0. The molecule has 158 valence electrons. The first-order valence-electron chi connectivity index (χ1n) is 10.5. The van der Waals surface area contributed by atoms with Gasteiger partial charge in [-0.1, -0.05) is 55.0 Å². The molecule has 1 aliphatic carbocycles. The summed E-state index contributed by atoms with van der Waals surface area (Å²) in [7, 11) is 0. The predicted molar refractivity (Wildman–Crippen MR) is 118 cm³/mol. The van der Waals surface area contributed by atoms with Gasteiger partial charge in [-0.15, -0.1) is 0 Å². The van der Waals surface area contributed by atoms with E-state index in [0.717, 1.165) is 24.8 Å². The Morgan fingerprint density at radius 2 is 1.74 bits per heavy atom. The smallest absolute Gasteiger partial charge is 0.322 e. The average Bonchev–Trinajstić information content (AvgIpc) is 3.42. The lowest BCUT2D eigenvalue weighted by Gasteiger charge is -2.34. The molecule has 5 rings (SSSR count). The van der Waals surface area contributed by atoms with Crippen molar-refractivity contribution in [2.45, 2.75) is 31.6 Å². The van der Waals surface area contributed by atoms with Gasteiger partial charge in [-0.2, -0.15) is 5.10 Å². The molecule has 2 aromatic carbocycles. The number of benzene rings is 2. The summed E-state index contributed by atoms with van der Waals surface area (Å²) < 4.78 is 1.64. The fraction of sp³-hybridized carbons (Fsp3) is 0.261. The monoisotopic (exact) mass is 416 g/mol. The van der Waals surface area contributed by atoms with Crippen LogP contribution >= 0.6 is 0 Å². The summed E-state index contributed by atoms with van der Waals surface area (Å²) in [6.07, 6.45) is 2.35. The number of aromatic nitrogens is 2. The maximum absolute atomic E-state index is 12.6. The summed E-state index contributed by atoms with van der Waals surface area (Å²) in [5.41, 5.74) is 2.32. The highest BCUT2D eigenvalue weighted by Crippen LogP contribution is 2.31. The molecule has 8 heteroatoms. The topological polar surface area (TPSA) is 100 Å². The first-order chi connectivity index (χ1) is 15.2. The van der Waals surface area contributed by atoms with Gasteiger partial charge in [0, 0.05) is 23.4 Å². The van der Waals surface area contributed by atoms with Gasteiger partial charge in [0.05, 0.1) is 11.6 Å². The van der Waals surface area contributed by atoms with E-state index in [1.165, 1.54) is 0 Å². The van der Waals surface area contributed by atoms with Crippen LogP contribution < -0.4 is 21.3 Å². The normalized spacial score (nSPS) is 22.5. The molecule has 2 fully saturated rings. The number of nitrogens with one attached hydrogen (secondary N) is 4. The third kappa shape index (κ3) is 4.02. The Labute approximate surface area is 180 Å². The van der Waals surface area contributed by atoms with Crippen LogP contribution in [0.2, 0.25) is 0 Å². The number of hydrogen-bond donors (Lipinski definition) is 4. The third-order valence-electron chi connectivity index (χ3n) is 5.83. The van der Waals surface area contributed by atoms with Crippen molar-refractivity contribution in [3.05, 3.63) is 66.7 Å². The second-order valence-corrected chi connectivity index (χ2v) is 7.89. The number of rotatable bonds is 4. The van der Waals surface area contributed by atoms with Gasteiger partial charge >= 0.3 is 6.03 Å². The Morgan fingerprint density at radius 3 is 2.52 bits per heavy atom. The van der Waals surface area contributed by atoms with E-state index in [1.807, 2.05) is 66.7 Å². The fourth-order valence-corrected chi connectivity index (χ4v) is 4.33. The molecule has 3 atom stereocenters. The number of hydrogen-bond acceptors (Lipinski definition) is 4. The van der Waals surface area contributed by atoms with Crippen LogP contribution in [-0.4, -0.2) is 27.8 Å². The summed E-state index contributed by atoms with van der Waals surface area (Å²) in [4.78, 5) is 25.3. The Hall–Kier alpha value is -3.65. The number of nitrogens with zero attached hydrogens (tertiary/aromatic N) is 2. The van der Waals surface area contributed by atoms with E-state index in [-0.39, 0.29) is 23.9 Å². The fourth-order valence-electron chi connectivity index (χ4n) is 4.33. The lowest BCUT2D eigenvalue weighted by molar-refractivity contribution is -0.130. The number of carbonyl (C=O) groups is 2. The molecule has 1 aliphatic heterocycles. The maximum atomic E-state index is 12.6. The van der Waals surface area contributed by atoms with E-state index in [9.17, 15) is 9.59 Å². The van der Waals surface area contributed by atoms with Crippen LogP contribution in [0.25, 0.3) is 11.3 Å². The van der Waals surface area contributed by atoms with E-state index < -0.39 is 6.29 Å². The highest BCUT2D eigenvalue weighted by Gasteiger charge is 2.40. The first-order valence-corrected chi connectivity index (χ1v) is 10.5. The lowest BCUT2D eigenvalue weighted by Crippen LogP contribution is -2.57. The molecule has 2 aliphatic rings. The molecule has 4 N–H and O–H groups in total. The molecule has 8 nitrogen and oxygen atoms in total. The number of anilines is 2.